The topological polar surface area (TPSA) is 63.8 Å². The molecular weight excluding hydrogens is 152 g/mol. The second-order valence-corrected chi connectivity index (χ2v) is 2.90. The largest absolute Gasteiger partial charge is 0.368 e. The van der Waals surface area contributed by atoms with Crippen LogP contribution in [0.15, 0.2) is 12.4 Å². The lowest BCUT2D eigenvalue weighted by Crippen LogP contribution is -2.25. The molecule has 4 nitrogen and oxygen atoms in total. The Bertz CT molecular complexity index is 247. The van der Waals surface area contributed by atoms with Gasteiger partial charge in [0.05, 0.1) is 0 Å². The van der Waals surface area contributed by atoms with E-state index in [0.717, 1.165) is 18.1 Å². The lowest BCUT2D eigenvalue weighted by atomic mass is 10.3. The van der Waals surface area contributed by atoms with Crippen LogP contribution in [0.2, 0.25) is 0 Å². The minimum Gasteiger partial charge on any atom is -0.368 e. The first-order chi connectivity index (χ1) is 5.68. The molecule has 0 spiro atoms. The summed E-state index contributed by atoms with van der Waals surface area (Å²) in [4.78, 5) is 8.02. The van der Waals surface area contributed by atoms with Crippen molar-refractivity contribution >= 4 is 5.82 Å². The number of rotatable bonds is 3. The van der Waals surface area contributed by atoms with E-state index >= 15 is 0 Å². The van der Waals surface area contributed by atoms with Crippen LogP contribution in [0.25, 0.3) is 0 Å². The third kappa shape index (κ3) is 2.84. The fraction of sp³-hybridized carbons (Fsp3) is 0.500. The average molecular weight is 166 g/mol. The molecule has 0 amide bonds. The molecule has 0 aromatic carbocycles. The van der Waals surface area contributed by atoms with Crippen molar-refractivity contribution in [2.24, 2.45) is 5.73 Å². The SMILES string of the molecule is Cc1cc(NCC(C)N)ncn1. The van der Waals surface area contributed by atoms with Crippen LogP contribution in [0.5, 0.6) is 0 Å². The van der Waals surface area contributed by atoms with Crippen LogP contribution < -0.4 is 11.1 Å². The van der Waals surface area contributed by atoms with Gasteiger partial charge in [0, 0.05) is 24.3 Å². The maximum Gasteiger partial charge on any atom is 0.129 e. The zero-order chi connectivity index (χ0) is 8.97. The van der Waals surface area contributed by atoms with Gasteiger partial charge in [-0.3, -0.25) is 0 Å². The van der Waals surface area contributed by atoms with Gasteiger partial charge in [-0.2, -0.15) is 0 Å². The second kappa shape index (κ2) is 4.01. The molecule has 0 aliphatic carbocycles. The number of nitrogens with one attached hydrogen (secondary N) is 1. The van der Waals surface area contributed by atoms with Gasteiger partial charge in [-0.1, -0.05) is 0 Å². The van der Waals surface area contributed by atoms with Crippen molar-refractivity contribution in [1.29, 1.82) is 0 Å². The number of aromatic nitrogens is 2. The monoisotopic (exact) mass is 166 g/mol. The minimum atomic E-state index is 0.139. The predicted molar refractivity (Wildman–Crippen MR) is 48.9 cm³/mol. The molecule has 3 N–H and O–H groups in total. The third-order valence-corrected chi connectivity index (χ3v) is 1.41. The molecule has 0 aliphatic heterocycles. The van der Waals surface area contributed by atoms with E-state index in [4.69, 9.17) is 5.73 Å². The van der Waals surface area contributed by atoms with Gasteiger partial charge in [0.1, 0.15) is 12.1 Å². The number of anilines is 1. The molecule has 1 aromatic heterocycles. The summed E-state index contributed by atoms with van der Waals surface area (Å²) in [5.41, 5.74) is 6.53. The molecule has 1 unspecified atom stereocenters. The molecule has 0 saturated heterocycles. The molecule has 66 valence electrons. The standard InChI is InChI=1S/C8H14N4/c1-6(9)4-10-8-3-7(2)11-5-12-8/h3,5-6H,4,9H2,1-2H3,(H,10,11,12). The lowest BCUT2D eigenvalue weighted by Gasteiger charge is -2.07. The molecular formula is C8H14N4. The van der Waals surface area contributed by atoms with Crippen LogP contribution in [-0.2, 0) is 0 Å². The quantitative estimate of drug-likeness (QED) is 0.688. The zero-order valence-corrected chi connectivity index (χ0v) is 7.41. The Balaban J connectivity index is 2.52. The van der Waals surface area contributed by atoms with Crippen molar-refractivity contribution in [3.05, 3.63) is 18.1 Å². The van der Waals surface area contributed by atoms with E-state index in [0.29, 0.717) is 0 Å². The smallest absolute Gasteiger partial charge is 0.129 e. The molecule has 0 fully saturated rings. The first-order valence-corrected chi connectivity index (χ1v) is 3.96. The van der Waals surface area contributed by atoms with E-state index in [9.17, 15) is 0 Å². The van der Waals surface area contributed by atoms with E-state index in [1.807, 2.05) is 19.9 Å². The van der Waals surface area contributed by atoms with Crippen LogP contribution in [0, 0.1) is 6.92 Å². The minimum absolute atomic E-state index is 0.139. The molecule has 0 bridgehead atoms. The molecule has 0 aliphatic rings. The Labute approximate surface area is 72.2 Å². The molecule has 4 heteroatoms. The summed E-state index contributed by atoms with van der Waals surface area (Å²) >= 11 is 0. The van der Waals surface area contributed by atoms with Crippen molar-refractivity contribution in [3.63, 3.8) is 0 Å². The number of hydrogen-bond acceptors (Lipinski definition) is 4. The van der Waals surface area contributed by atoms with Gasteiger partial charge in [-0.15, -0.1) is 0 Å². The first-order valence-electron chi connectivity index (χ1n) is 3.96. The van der Waals surface area contributed by atoms with Gasteiger partial charge in [-0.05, 0) is 13.8 Å². The number of aryl methyl sites for hydroxylation is 1. The lowest BCUT2D eigenvalue weighted by molar-refractivity contribution is 0.776. The molecule has 0 saturated carbocycles. The molecule has 1 rings (SSSR count). The summed E-state index contributed by atoms with van der Waals surface area (Å²) in [6.07, 6.45) is 1.54. The number of nitrogens with zero attached hydrogens (tertiary/aromatic N) is 2. The van der Waals surface area contributed by atoms with Crippen molar-refractivity contribution < 1.29 is 0 Å². The Morgan fingerprint density at radius 2 is 2.33 bits per heavy atom. The highest BCUT2D eigenvalue weighted by Gasteiger charge is 1.95. The summed E-state index contributed by atoms with van der Waals surface area (Å²) in [6.45, 7) is 4.61. The molecule has 12 heavy (non-hydrogen) atoms. The Morgan fingerprint density at radius 1 is 1.58 bits per heavy atom. The van der Waals surface area contributed by atoms with Gasteiger partial charge in [0.25, 0.3) is 0 Å². The van der Waals surface area contributed by atoms with Crippen molar-refractivity contribution in [3.8, 4) is 0 Å². The van der Waals surface area contributed by atoms with Crippen molar-refractivity contribution in [2.75, 3.05) is 11.9 Å². The van der Waals surface area contributed by atoms with E-state index in [-0.39, 0.29) is 6.04 Å². The first kappa shape index (κ1) is 8.93. The van der Waals surface area contributed by atoms with E-state index in [2.05, 4.69) is 15.3 Å². The van der Waals surface area contributed by atoms with Crippen LogP contribution >= 0.6 is 0 Å². The van der Waals surface area contributed by atoms with Gasteiger partial charge < -0.3 is 11.1 Å². The number of nitrogens with two attached hydrogens (primary N) is 1. The van der Waals surface area contributed by atoms with Crippen molar-refractivity contribution in [2.45, 2.75) is 19.9 Å². The maximum absolute atomic E-state index is 5.57. The fourth-order valence-electron chi connectivity index (χ4n) is 0.817. The van der Waals surface area contributed by atoms with Gasteiger partial charge >= 0.3 is 0 Å². The highest BCUT2D eigenvalue weighted by Crippen LogP contribution is 2.01. The van der Waals surface area contributed by atoms with Crippen molar-refractivity contribution in [1.82, 2.24) is 9.97 Å². The van der Waals surface area contributed by atoms with Crippen LogP contribution in [0.4, 0.5) is 5.82 Å². The highest BCUT2D eigenvalue weighted by atomic mass is 15.0. The van der Waals surface area contributed by atoms with Crippen LogP contribution in [0.3, 0.4) is 0 Å². The third-order valence-electron chi connectivity index (χ3n) is 1.41. The fourth-order valence-corrected chi connectivity index (χ4v) is 0.817. The summed E-state index contributed by atoms with van der Waals surface area (Å²) in [6, 6.07) is 2.03. The summed E-state index contributed by atoms with van der Waals surface area (Å²) in [5.74, 6) is 0.833. The molecule has 1 aromatic rings. The maximum atomic E-state index is 5.57. The summed E-state index contributed by atoms with van der Waals surface area (Å²) in [7, 11) is 0. The van der Waals surface area contributed by atoms with E-state index in [1.165, 1.54) is 0 Å². The Kier molecular flexibility index (Phi) is 2.99. The predicted octanol–water partition coefficient (Wildman–Crippen LogP) is 0.544. The zero-order valence-electron chi connectivity index (χ0n) is 7.41. The molecule has 1 heterocycles. The normalized spacial score (nSPS) is 12.6. The van der Waals surface area contributed by atoms with E-state index < -0.39 is 0 Å². The van der Waals surface area contributed by atoms with Gasteiger partial charge in [0.2, 0.25) is 0 Å². The molecule has 0 radical (unpaired) electrons. The number of hydrogen-bond donors (Lipinski definition) is 2. The Morgan fingerprint density at radius 3 is 2.92 bits per heavy atom. The van der Waals surface area contributed by atoms with Crippen LogP contribution in [0.1, 0.15) is 12.6 Å². The molecule has 1 atom stereocenters. The highest BCUT2D eigenvalue weighted by molar-refractivity contribution is 5.34. The van der Waals surface area contributed by atoms with Gasteiger partial charge in [0.15, 0.2) is 0 Å². The second-order valence-electron chi connectivity index (χ2n) is 2.90. The van der Waals surface area contributed by atoms with Gasteiger partial charge in [-0.25, -0.2) is 9.97 Å². The Hall–Kier alpha value is -1.16. The van der Waals surface area contributed by atoms with Crippen LogP contribution in [-0.4, -0.2) is 22.6 Å². The van der Waals surface area contributed by atoms with E-state index in [1.54, 1.807) is 6.33 Å². The summed E-state index contributed by atoms with van der Waals surface area (Å²) in [5, 5.41) is 3.11. The average Bonchev–Trinajstić information content (AvgIpc) is 2.01. The summed E-state index contributed by atoms with van der Waals surface area (Å²) < 4.78 is 0.